The van der Waals surface area contributed by atoms with Crippen LogP contribution in [0.4, 0.5) is 13.2 Å². The number of aliphatic hydroxyl groups is 1. The van der Waals surface area contributed by atoms with Crippen molar-refractivity contribution in [3.8, 4) is 0 Å². The zero-order valence-corrected chi connectivity index (χ0v) is 9.74. The van der Waals surface area contributed by atoms with Gasteiger partial charge >= 0.3 is 6.18 Å². The number of alkyl halides is 5. The second-order valence-electron chi connectivity index (χ2n) is 3.38. The molecule has 0 aromatic heterocycles. The molecule has 0 aliphatic heterocycles. The van der Waals surface area contributed by atoms with Crippen LogP contribution in [-0.2, 0) is 0 Å². The maximum Gasteiger partial charge on any atom is 0.424 e. The van der Waals surface area contributed by atoms with Gasteiger partial charge in [-0.15, -0.1) is 0 Å². The van der Waals surface area contributed by atoms with E-state index in [1.165, 1.54) is 12.1 Å². The van der Waals surface area contributed by atoms with E-state index in [1.807, 2.05) is 0 Å². The number of hydrogen-bond donors (Lipinski definition) is 1. The summed E-state index contributed by atoms with van der Waals surface area (Å²) in [6, 6.07) is 6.07. The van der Waals surface area contributed by atoms with Gasteiger partial charge in [-0.25, -0.2) is 0 Å². The topological polar surface area (TPSA) is 20.2 Å². The molecule has 0 fully saturated rings. The van der Waals surface area contributed by atoms with Gasteiger partial charge in [0.25, 0.3) is 0 Å². The molecule has 0 amide bonds. The molecule has 0 unspecified atom stereocenters. The molecule has 0 saturated carbocycles. The van der Waals surface area contributed by atoms with E-state index in [2.05, 4.69) is 0 Å². The molecule has 0 saturated heterocycles. The van der Waals surface area contributed by atoms with Gasteiger partial charge < -0.3 is 5.11 Å². The molecule has 1 rings (SSSR count). The summed E-state index contributed by atoms with van der Waals surface area (Å²) in [5.41, 5.74) is 0.551. The van der Waals surface area contributed by atoms with Crippen molar-refractivity contribution < 1.29 is 18.3 Å². The largest absolute Gasteiger partial charge is 0.424 e. The third-order valence-corrected chi connectivity index (χ3v) is 3.05. The second-order valence-corrected chi connectivity index (χ2v) is 4.77. The van der Waals surface area contributed by atoms with Crippen molar-refractivity contribution in [2.75, 3.05) is 0 Å². The van der Waals surface area contributed by atoms with Crippen LogP contribution in [0.2, 0.25) is 0 Å². The minimum absolute atomic E-state index is 0.0600. The average Bonchev–Trinajstić information content (AvgIpc) is 2.15. The molecule has 0 aliphatic carbocycles. The second kappa shape index (κ2) is 4.43. The number of halogens is 5. The Morgan fingerprint density at radius 3 is 2.12 bits per heavy atom. The summed E-state index contributed by atoms with van der Waals surface area (Å²) in [5, 5.41) is 9.58. The van der Waals surface area contributed by atoms with Crippen molar-refractivity contribution in [1.29, 1.82) is 0 Å². The van der Waals surface area contributed by atoms with Gasteiger partial charge in [-0.05, 0) is 18.1 Å². The minimum Gasteiger partial charge on any atom is -0.385 e. The molecular formula is C10H9Cl2F3O. The Bertz CT molecular complexity index is 377. The summed E-state index contributed by atoms with van der Waals surface area (Å²) in [4.78, 5) is 0. The molecule has 0 spiro atoms. The maximum absolute atomic E-state index is 12.5. The highest BCUT2D eigenvalue weighted by Gasteiger charge is 2.58. The van der Waals surface area contributed by atoms with Gasteiger partial charge in [0.2, 0.25) is 4.33 Å². The van der Waals surface area contributed by atoms with E-state index in [9.17, 15) is 18.3 Å². The molecule has 0 radical (unpaired) electrons. The van der Waals surface area contributed by atoms with Crippen LogP contribution >= 0.6 is 23.2 Å². The highest BCUT2D eigenvalue weighted by Crippen LogP contribution is 2.48. The first-order valence-electron chi connectivity index (χ1n) is 4.36. The molecule has 1 aromatic carbocycles. The van der Waals surface area contributed by atoms with Gasteiger partial charge in [0.05, 0.1) is 0 Å². The molecule has 0 bridgehead atoms. The van der Waals surface area contributed by atoms with E-state index in [4.69, 9.17) is 23.2 Å². The smallest absolute Gasteiger partial charge is 0.385 e. The third kappa shape index (κ3) is 2.44. The van der Waals surface area contributed by atoms with Crippen LogP contribution in [0.25, 0.3) is 0 Å². The molecule has 1 atom stereocenters. The van der Waals surface area contributed by atoms with Gasteiger partial charge in [-0.3, -0.25) is 0 Å². The van der Waals surface area contributed by atoms with E-state index in [0.717, 1.165) is 0 Å². The number of aliphatic hydroxyl groups excluding tert-OH is 1. The fourth-order valence-corrected chi connectivity index (χ4v) is 1.48. The van der Waals surface area contributed by atoms with Crippen LogP contribution in [0.3, 0.4) is 0 Å². The Hall–Kier alpha value is -0.450. The van der Waals surface area contributed by atoms with Crippen LogP contribution in [0.15, 0.2) is 24.3 Å². The predicted octanol–water partition coefficient (Wildman–Crippen LogP) is 3.76. The summed E-state index contributed by atoms with van der Waals surface area (Å²) in [5.74, 6) is 0. The molecule has 0 aliphatic rings. The van der Waals surface area contributed by atoms with Crippen LogP contribution < -0.4 is 0 Å². The van der Waals surface area contributed by atoms with Gasteiger partial charge in [0, 0.05) is 0 Å². The highest BCUT2D eigenvalue weighted by atomic mass is 35.5. The number of aryl methyl sites for hydroxylation is 1. The van der Waals surface area contributed by atoms with Crippen LogP contribution in [0.1, 0.15) is 17.2 Å². The molecule has 90 valence electrons. The van der Waals surface area contributed by atoms with Gasteiger partial charge in [0.15, 0.2) is 0 Å². The minimum atomic E-state index is -4.90. The number of rotatable bonds is 2. The Kier molecular flexibility index (Phi) is 3.77. The monoisotopic (exact) mass is 272 g/mol. The number of hydrogen-bond acceptors (Lipinski definition) is 1. The lowest BCUT2D eigenvalue weighted by molar-refractivity contribution is -0.162. The Morgan fingerprint density at radius 1 is 1.19 bits per heavy atom. The Balaban J connectivity index is 3.12. The summed E-state index contributed by atoms with van der Waals surface area (Å²) in [6.07, 6.45) is -6.92. The van der Waals surface area contributed by atoms with Crippen LogP contribution in [0, 0.1) is 6.92 Å². The molecule has 6 heteroatoms. The lowest BCUT2D eigenvalue weighted by Gasteiger charge is -2.29. The molecule has 0 heterocycles. The van der Waals surface area contributed by atoms with Crippen molar-refractivity contribution in [2.45, 2.75) is 23.5 Å². The summed E-state index contributed by atoms with van der Waals surface area (Å²) in [6.45, 7) is 1.57. The SMILES string of the molecule is Cc1ccccc1[C@H](O)C(Cl)(Cl)C(F)(F)F. The predicted molar refractivity (Wildman–Crippen MR) is 56.6 cm³/mol. The van der Waals surface area contributed by atoms with Gasteiger partial charge in [0.1, 0.15) is 6.10 Å². The van der Waals surface area contributed by atoms with E-state index in [1.54, 1.807) is 19.1 Å². The van der Waals surface area contributed by atoms with E-state index < -0.39 is 16.6 Å². The lowest BCUT2D eigenvalue weighted by atomic mass is 10.0. The number of benzene rings is 1. The van der Waals surface area contributed by atoms with Crippen molar-refractivity contribution in [3.63, 3.8) is 0 Å². The van der Waals surface area contributed by atoms with Crippen molar-refractivity contribution in [1.82, 2.24) is 0 Å². The highest BCUT2D eigenvalue weighted by molar-refractivity contribution is 6.49. The maximum atomic E-state index is 12.5. The fourth-order valence-electron chi connectivity index (χ4n) is 1.24. The standard InChI is InChI=1S/C10H9Cl2F3O/c1-6-4-2-3-5-7(6)8(16)9(11,12)10(13,14)15/h2-5,8,16H,1H3/t8-/m0/s1. The van der Waals surface area contributed by atoms with E-state index in [0.29, 0.717) is 5.56 Å². The first kappa shape index (κ1) is 13.6. The normalized spacial score (nSPS) is 14.9. The van der Waals surface area contributed by atoms with Crippen molar-refractivity contribution in [2.24, 2.45) is 0 Å². The quantitative estimate of drug-likeness (QED) is 0.813. The van der Waals surface area contributed by atoms with Crippen LogP contribution in [0.5, 0.6) is 0 Å². The van der Waals surface area contributed by atoms with Crippen LogP contribution in [-0.4, -0.2) is 15.6 Å². The molecule has 1 nitrogen and oxygen atoms in total. The molecule has 1 N–H and O–H groups in total. The molecule has 1 aromatic rings. The zero-order valence-electron chi connectivity index (χ0n) is 8.22. The van der Waals surface area contributed by atoms with Gasteiger partial charge in [-0.1, -0.05) is 47.5 Å². The van der Waals surface area contributed by atoms with Gasteiger partial charge in [-0.2, -0.15) is 13.2 Å². The zero-order chi connectivity index (χ0) is 12.6. The first-order valence-corrected chi connectivity index (χ1v) is 5.11. The summed E-state index contributed by atoms with van der Waals surface area (Å²) < 4.78 is 34.2. The third-order valence-electron chi connectivity index (χ3n) is 2.20. The first-order chi connectivity index (χ1) is 7.18. The van der Waals surface area contributed by atoms with E-state index >= 15 is 0 Å². The lowest BCUT2D eigenvalue weighted by Crippen LogP contribution is -2.40. The van der Waals surface area contributed by atoms with E-state index in [-0.39, 0.29) is 5.56 Å². The average molecular weight is 273 g/mol. The Labute approximate surface area is 101 Å². The molecule has 16 heavy (non-hydrogen) atoms. The fraction of sp³-hybridized carbons (Fsp3) is 0.400. The Morgan fingerprint density at radius 2 is 1.69 bits per heavy atom. The summed E-state index contributed by atoms with van der Waals surface area (Å²) >= 11 is 10.3. The van der Waals surface area contributed by atoms with Crippen molar-refractivity contribution in [3.05, 3.63) is 35.4 Å². The van der Waals surface area contributed by atoms with Crippen molar-refractivity contribution >= 4 is 23.2 Å². The molecular weight excluding hydrogens is 264 g/mol. The summed E-state index contributed by atoms with van der Waals surface area (Å²) in [7, 11) is 0.